The Hall–Kier alpha value is -8.92. The van der Waals surface area contributed by atoms with Crippen molar-refractivity contribution in [1.29, 1.82) is 0 Å². The van der Waals surface area contributed by atoms with E-state index in [9.17, 15) is 88.6 Å². The number of ketones is 3. The van der Waals surface area contributed by atoms with Crippen molar-refractivity contribution in [2.75, 3.05) is 39.6 Å². The van der Waals surface area contributed by atoms with Crippen molar-refractivity contribution in [3.8, 4) is 0 Å². The molecule has 2 N–H and O–H groups in total. The van der Waals surface area contributed by atoms with Gasteiger partial charge in [0.15, 0.2) is 88.4 Å². The van der Waals surface area contributed by atoms with Crippen molar-refractivity contribution in [1.82, 2.24) is 39.5 Å². The van der Waals surface area contributed by atoms with Crippen LogP contribution in [0.1, 0.15) is 154 Å². The van der Waals surface area contributed by atoms with Crippen LogP contribution >= 0.6 is 162 Å². The standard InChI is InChI=1S/C14H13Cl2FN2O3.C14H12ClFN2O3.C13H12Cl2FNO4.C11H10Cl2FNO3.C10H8Cl2FNO3.C6HCl3FNO.C6H2Cl2FNO2/c1-2-22-14(21)9(6-18-7-3-4-7)11(20)8-5-10(17)13(16)19-12(8)15;1-2-21-14(20)9-6-18(7-3-4-7)13-8(11(9)19)5-10(16)12(15)17-13;1-3-20-6-8(13(19)21-4-2)10(18)7-5-9(16)12(15)17-11(7)14;1-3-18-11(17)5(2)8(16)6-4-7(14)10(13)15-9(6)12;1-2-17-8(16)4-7(15)5-3-6(13)10(12)14-9(5)11;7-4-2(6(9)12)1-3(10)5(8)11-4;7-4-2(6(11)12)1-3(9)5(8)10-4/h5-7,20H,2-4H2,1H3;5-7H,2-4H2,1H3;5-6H,3-4H2,1-2H3;4-5H,3H2,1-2H3;3H,2,4H2,1H3;1H;1H,(H,11,12)/b;;8-6-;;;;. The number of rotatable bonds is 24. The van der Waals surface area contributed by atoms with Crippen molar-refractivity contribution in [2.24, 2.45) is 10.9 Å². The molecular formula is C74H58Cl14F7N9O19. The lowest BCUT2D eigenvalue weighted by molar-refractivity contribution is -0.146. The second kappa shape index (κ2) is 50.9. The normalized spacial score (nSPS) is 12.3. The molecule has 0 radical (unpaired) electrons. The molecule has 2 aliphatic rings. The molecule has 28 nitrogen and oxygen atoms in total. The Kier molecular flexibility index (Phi) is 44.0. The van der Waals surface area contributed by atoms with Crippen LogP contribution in [0.15, 0.2) is 75.9 Å². The maximum Gasteiger partial charge on any atom is 0.345 e. The van der Waals surface area contributed by atoms with Gasteiger partial charge in [-0.15, -0.1) is 0 Å². The first-order valence-corrected chi connectivity index (χ1v) is 39.7. The molecule has 0 amide bonds. The van der Waals surface area contributed by atoms with E-state index in [0.717, 1.165) is 74.4 Å². The summed E-state index contributed by atoms with van der Waals surface area (Å²) in [6.07, 6.45) is 6.75. The van der Waals surface area contributed by atoms with Crippen molar-refractivity contribution in [3.63, 3.8) is 0 Å². The summed E-state index contributed by atoms with van der Waals surface area (Å²) >= 11 is 76.7. The van der Waals surface area contributed by atoms with E-state index in [1.807, 2.05) is 0 Å². The molecule has 0 spiro atoms. The number of carbonyl (C=O) groups excluding carboxylic acids is 9. The van der Waals surface area contributed by atoms with Gasteiger partial charge in [-0.25, -0.2) is 84.8 Å². The maximum atomic E-state index is 13.6. The van der Waals surface area contributed by atoms with Crippen molar-refractivity contribution in [3.05, 3.63) is 223 Å². The van der Waals surface area contributed by atoms with Crippen LogP contribution in [-0.4, -0.2) is 160 Å². The van der Waals surface area contributed by atoms with Gasteiger partial charge in [-0.2, -0.15) is 0 Å². The summed E-state index contributed by atoms with van der Waals surface area (Å²) in [6, 6.07) is 6.27. The molecule has 0 saturated heterocycles. The first-order valence-electron chi connectivity index (χ1n) is 34.4. The SMILES string of the molecule is CCO/C=C(\C(=O)OCC)C(=O)c1cc(F)c(Cl)nc1Cl.CCOC(=O)C(C)C(=O)c1cc(F)c(Cl)nc1Cl.CCOC(=O)C(C=NC1CC1)=C(O)c1cc(F)c(Cl)nc1Cl.CCOC(=O)CC(=O)c1cc(F)c(Cl)nc1Cl.CCOC(=O)c1cn(C2CC2)c2nc(Cl)c(F)cc2c1=O.O=C(Cl)c1cc(F)c(Cl)nc1Cl.O=C(O)c1cc(F)c(Cl)nc1Cl. The topological polar surface area (TPSA) is 391 Å². The molecule has 1 unspecified atom stereocenters. The lowest BCUT2D eigenvalue weighted by Crippen LogP contribution is -2.24. The Balaban J connectivity index is 0.000000304. The zero-order valence-electron chi connectivity index (χ0n) is 63.6. The number of aromatic nitrogens is 8. The second-order valence-corrected chi connectivity index (χ2v) is 28.3. The number of fused-ring (bicyclic) bond motifs is 1. The van der Waals surface area contributed by atoms with Crippen LogP contribution in [0.3, 0.4) is 0 Å². The number of aliphatic hydroxyl groups excluding tert-OH is 1. The van der Waals surface area contributed by atoms with Gasteiger partial charge in [0, 0.05) is 18.5 Å². The number of carboxylic acids is 1. The summed E-state index contributed by atoms with van der Waals surface area (Å²) < 4.78 is 122. The molecule has 1 atom stereocenters. The molecule has 49 heteroatoms. The number of nitrogens with zero attached hydrogens (tertiary/aromatic N) is 9. The summed E-state index contributed by atoms with van der Waals surface area (Å²) in [5.74, 6) is -15.0. The Morgan fingerprint density at radius 3 is 1.31 bits per heavy atom. The fraction of sp³-hybridized carbons (Fsp3) is 0.284. The van der Waals surface area contributed by atoms with E-state index in [1.54, 1.807) is 46.1 Å². The molecule has 8 aromatic rings. The smallest absolute Gasteiger partial charge is 0.345 e. The van der Waals surface area contributed by atoms with Crippen LogP contribution in [0.25, 0.3) is 16.8 Å². The maximum absolute atomic E-state index is 13.6. The van der Waals surface area contributed by atoms with E-state index in [1.165, 1.54) is 19.3 Å². The molecule has 660 valence electrons. The van der Waals surface area contributed by atoms with Gasteiger partial charge in [0.1, 0.15) is 77.6 Å². The lowest BCUT2D eigenvalue weighted by atomic mass is 10.0. The van der Waals surface area contributed by atoms with E-state index in [2.05, 4.69) is 44.6 Å². The van der Waals surface area contributed by atoms with E-state index in [4.69, 9.17) is 191 Å². The molecule has 8 heterocycles. The van der Waals surface area contributed by atoms with Gasteiger partial charge >= 0.3 is 35.8 Å². The number of pyridine rings is 8. The van der Waals surface area contributed by atoms with Gasteiger partial charge in [0.05, 0.1) is 84.5 Å². The molecule has 0 aliphatic heterocycles. The second-order valence-electron chi connectivity index (χ2n) is 23.3. The van der Waals surface area contributed by atoms with Gasteiger partial charge in [-0.05, 0) is 128 Å². The molecule has 0 bridgehead atoms. The average molecular weight is 2010 g/mol. The summed E-state index contributed by atoms with van der Waals surface area (Å²) in [7, 11) is 0. The van der Waals surface area contributed by atoms with Gasteiger partial charge in [0.25, 0.3) is 5.24 Å². The minimum atomic E-state index is -1.34. The van der Waals surface area contributed by atoms with Crippen molar-refractivity contribution >= 4 is 244 Å². The molecule has 2 fully saturated rings. The molecule has 123 heavy (non-hydrogen) atoms. The molecule has 10 rings (SSSR count). The van der Waals surface area contributed by atoms with E-state index < -0.39 is 160 Å². The number of hydrogen-bond acceptors (Lipinski definition) is 26. The third-order valence-electron chi connectivity index (χ3n) is 14.6. The van der Waals surface area contributed by atoms with Crippen LogP contribution in [0.2, 0.25) is 67.0 Å². The number of aromatic carboxylic acids is 1. The number of esters is 5. The number of aliphatic hydroxyl groups is 1. The van der Waals surface area contributed by atoms with Crippen LogP contribution < -0.4 is 5.43 Å². The van der Waals surface area contributed by atoms with Crippen LogP contribution in [0, 0.1) is 46.6 Å². The Morgan fingerprint density at radius 1 is 0.472 bits per heavy atom. The Labute approximate surface area is 761 Å². The zero-order chi connectivity index (χ0) is 92.9. The Morgan fingerprint density at radius 2 is 0.862 bits per heavy atom. The van der Waals surface area contributed by atoms with Crippen molar-refractivity contribution < 1.29 is 117 Å². The van der Waals surface area contributed by atoms with Crippen LogP contribution in [-0.2, 0) is 47.6 Å². The average Bonchev–Trinajstić information content (AvgIpc) is 1.71. The monoisotopic (exact) mass is 2000 g/mol. The number of hydrogen-bond donors (Lipinski definition) is 2. The third-order valence-corrected chi connectivity index (χ3v) is 18.4. The highest BCUT2D eigenvalue weighted by atomic mass is 35.5. The molecule has 2 aliphatic carbocycles. The number of halogens is 21. The predicted octanol–water partition coefficient (Wildman–Crippen LogP) is 20.2. The number of aliphatic imine (C=N–C) groups is 1. The number of carbonyl (C=O) groups is 10. The summed E-state index contributed by atoms with van der Waals surface area (Å²) in [4.78, 5) is 156. The quantitative estimate of drug-likeness (QED) is 0.00485. The highest BCUT2D eigenvalue weighted by Crippen LogP contribution is 2.38. The molecule has 0 aromatic carbocycles. The summed E-state index contributed by atoms with van der Waals surface area (Å²) in [5.41, 5.74) is -2.49. The Bertz CT molecular complexity index is 5460. The molecule has 8 aromatic heterocycles. The third kappa shape index (κ3) is 31.9. The largest absolute Gasteiger partial charge is 0.506 e. The predicted molar refractivity (Wildman–Crippen MR) is 442 cm³/mol. The number of Topliss-reactive ketones (excluding diaryl/α,β-unsaturated/α-hetero) is 3. The first-order chi connectivity index (χ1) is 57.7. The van der Waals surface area contributed by atoms with E-state index >= 15 is 0 Å². The number of ether oxygens (including phenoxy) is 6. The van der Waals surface area contributed by atoms with Gasteiger partial charge in [-0.1, -0.05) is 151 Å². The van der Waals surface area contributed by atoms with E-state index in [-0.39, 0.29) is 137 Å². The van der Waals surface area contributed by atoms with Gasteiger partial charge < -0.3 is 43.2 Å². The molecule has 2 saturated carbocycles. The summed E-state index contributed by atoms with van der Waals surface area (Å²) in [6.45, 7) is 12.0. The zero-order valence-corrected chi connectivity index (χ0v) is 74.2. The van der Waals surface area contributed by atoms with Gasteiger partial charge in [0.2, 0.25) is 11.2 Å². The number of carboxylic acid groups (broad SMARTS) is 1. The fourth-order valence-corrected chi connectivity index (χ4v) is 11.4. The fourth-order valence-electron chi connectivity index (χ4n) is 8.59. The highest BCUT2D eigenvalue weighted by Gasteiger charge is 2.32. The van der Waals surface area contributed by atoms with E-state index in [0.29, 0.717) is 5.65 Å². The molecular weight excluding hydrogens is 1950 g/mol. The minimum Gasteiger partial charge on any atom is -0.506 e. The van der Waals surface area contributed by atoms with Gasteiger partial charge in [-0.3, -0.25) is 38.6 Å². The summed E-state index contributed by atoms with van der Waals surface area (Å²) in [5, 5.41) is 13.4. The lowest BCUT2D eigenvalue weighted by Gasteiger charge is -2.11. The highest BCUT2D eigenvalue weighted by molar-refractivity contribution is 6.68. The van der Waals surface area contributed by atoms with Crippen molar-refractivity contribution in [2.45, 2.75) is 92.7 Å². The minimum absolute atomic E-state index is 0.0364. The van der Waals surface area contributed by atoms with Crippen LogP contribution in [0.5, 0.6) is 0 Å². The van der Waals surface area contributed by atoms with Crippen LogP contribution in [0.4, 0.5) is 30.7 Å². The first kappa shape index (κ1) is 106.